The van der Waals surface area contributed by atoms with Crippen LogP contribution in [0.1, 0.15) is 11.1 Å². The molecule has 0 heterocycles. The standard InChI is InChI=1S/C13H9.C9H7.CH2.2ClH.Zr/c1-3-7-12-10(5-1)9-11-6-2-4-8-13(11)12;1-2-5-9-7-3-6-8(9)4-1;;;;/h1-5,7-8H,9H2;1-7H;1H2;2*1H;/q2*-1;;;;+2/p-2. The summed E-state index contributed by atoms with van der Waals surface area (Å²) in [6.07, 6.45) is 1.05. The molecule has 1 aliphatic carbocycles. The maximum absolute atomic E-state index is 5.13. The van der Waals surface area contributed by atoms with E-state index in [4.69, 9.17) is 17.0 Å². The van der Waals surface area contributed by atoms with Crippen LogP contribution in [0.4, 0.5) is 0 Å². The first-order chi connectivity index (χ1) is 12.6. The van der Waals surface area contributed by atoms with E-state index in [0.29, 0.717) is 0 Å². The van der Waals surface area contributed by atoms with Crippen LogP contribution in [-0.2, 0) is 25.3 Å². The zero-order chi connectivity index (χ0) is 18.4. The average Bonchev–Trinajstić information content (AvgIpc) is 3.26. The minimum atomic E-state index is -1.85. The number of benzene rings is 3. The third kappa shape index (κ3) is 5.07. The predicted octanol–water partition coefficient (Wildman–Crippen LogP) is 6.96. The van der Waals surface area contributed by atoms with Crippen molar-refractivity contribution < 1.29 is 18.9 Å². The van der Waals surface area contributed by atoms with Gasteiger partial charge in [0.15, 0.2) is 0 Å². The Morgan fingerprint density at radius 3 is 2.38 bits per heavy atom. The summed E-state index contributed by atoms with van der Waals surface area (Å²) in [6, 6.07) is 32.8. The molecule has 0 unspecified atom stereocenters. The van der Waals surface area contributed by atoms with E-state index in [1.807, 2.05) is 6.07 Å². The monoisotopic (exact) mass is 454 g/mol. The molecule has 5 rings (SSSR count). The molecular formula is C23H18Cl2Zr-2. The number of halogens is 2. The van der Waals surface area contributed by atoms with Gasteiger partial charge in [-0.2, -0.15) is 47.3 Å². The van der Waals surface area contributed by atoms with Crippen LogP contribution in [0, 0.1) is 6.07 Å². The number of rotatable bonds is 0. The fourth-order valence-electron chi connectivity index (χ4n) is 3.07. The molecule has 0 fully saturated rings. The van der Waals surface area contributed by atoms with Gasteiger partial charge in [0.1, 0.15) is 0 Å². The Kier molecular flexibility index (Phi) is 7.09. The second-order valence-corrected chi connectivity index (χ2v) is 14.1. The molecule has 4 aromatic carbocycles. The van der Waals surface area contributed by atoms with E-state index in [2.05, 4.69) is 89.1 Å². The van der Waals surface area contributed by atoms with Gasteiger partial charge in [0.25, 0.3) is 0 Å². The molecule has 130 valence electrons. The van der Waals surface area contributed by atoms with Gasteiger partial charge in [-0.1, -0.05) is 41.5 Å². The van der Waals surface area contributed by atoms with Crippen LogP contribution < -0.4 is 0 Å². The van der Waals surface area contributed by atoms with Crippen molar-refractivity contribution >= 4 is 32.0 Å². The van der Waals surface area contributed by atoms with E-state index in [0.717, 1.165) is 6.42 Å². The van der Waals surface area contributed by atoms with Gasteiger partial charge in [0.2, 0.25) is 0 Å². The number of fused-ring (bicyclic) bond motifs is 4. The molecule has 0 amide bonds. The minimum absolute atomic E-state index is 1.05. The van der Waals surface area contributed by atoms with Gasteiger partial charge < -0.3 is 0 Å². The van der Waals surface area contributed by atoms with Crippen molar-refractivity contribution in [1.29, 1.82) is 0 Å². The van der Waals surface area contributed by atoms with Crippen molar-refractivity contribution in [3.8, 4) is 11.1 Å². The summed E-state index contributed by atoms with van der Waals surface area (Å²) in [6.45, 7) is 0. The topological polar surface area (TPSA) is 0 Å². The first-order valence-electron chi connectivity index (χ1n) is 8.33. The Morgan fingerprint density at radius 2 is 1.58 bits per heavy atom. The van der Waals surface area contributed by atoms with Crippen LogP contribution in [0.5, 0.6) is 0 Å². The van der Waals surface area contributed by atoms with Gasteiger partial charge >= 0.3 is 40.1 Å². The van der Waals surface area contributed by atoms with Gasteiger partial charge in [0.05, 0.1) is 0 Å². The van der Waals surface area contributed by atoms with E-state index in [1.54, 1.807) is 0 Å². The summed E-state index contributed by atoms with van der Waals surface area (Å²) < 4.78 is 3.37. The van der Waals surface area contributed by atoms with Gasteiger partial charge in [-0.15, -0.1) is 35.2 Å². The van der Waals surface area contributed by atoms with Gasteiger partial charge in [0, 0.05) is 0 Å². The van der Waals surface area contributed by atoms with Crippen LogP contribution in [0.25, 0.3) is 21.9 Å². The quantitative estimate of drug-likeness (QED) is 0.221. The Morgan fingerprint density at radius 1 is 0.885 bits per heavy atom. The van der Waals surface area contributed by atoms with Gasteiger partial charge in [-0.25, -0.2) is 0 Å². The van der Waals surface area contributed by atoms with Crippen molar-refractivity contribution in [3.63, 3.8) is 0 Å². The summed E-state index contributed by atoms with van der Waals surface area (Å²) in [4.78, 5) is 0. The SMILES string of the molecule is [CH2]=[Zr]([Cl])[Cl].[c-]1cccc2c1Cc1ccccc1-2.c1ccc2[cH-]ccc2c1. The van der Waals surface area contributed by atoms with Crippen molar-refractivity contribution in [3.05, 3.63) is 102 Å². The number of hydrogen-bond donors (Lipinski definition) is 0. The van der Waals surface area contributed by atoms with E-state index in [1.165, 1.54) is 33.0 Å². The molecule has 0 atom stereocenters. The van der Waals surface area contributed by atoms with Gasteiger partial charge in [-0.3, -0.25) is 0 Å². The maximum atomic E-state index is 5.13. The number of hydrogen-bond acceptors (Lipinski definition) is 0. The van der Waals surface area contributed by atoms with Gasteiger partial charge in [-0.05, 0) is 6.42 Å². The normalized spacial score (nSPS) is 10.7. The molecule has 0 bridgehead atoms. The molecule has 0 nitrogen and oxygen atoms in total. The second kappa shape index (κ2) is 9.51. The summed E-state index contributed by atoms with van der Waals surface area (Å²) >= 11 is -1.85. The predicted molar refractivity (Wildman–Crippen MR) is 112 cm³/mol. The molecule has 0 spiro atoms. The molecule has 0 aromatic heterocycles. The van der Waals surface area contributed by atoms with Crippen LogP contribution in [0.2, 0.25) is 0 Å². The second-order valence-electron chi connectivity index (χ2n) is 5.89. The smallest absolute Gasteiger partial charge is 0.0253 e. The van der Waals surface area contributed by atoms with Crippen LogP contribution >= 0.6 is 17.0 Å². The third-order valence-electron chi connectivity index (χ3n) is 4.16. The third-order valence-corrected chi connectivity index (χ3v) is 4.16. The molecular weight excluding hydrogens is 438 g/mol. The fraction of sp³-hybridized carbons (Fsp3) is 0.0435. The summed E-state index contributed by atoms with van der Waals surface area (Å²) in [7, 11) is 10.3. The summed E-state index contributed by atoms with van der Waals surface area (Å²) in [5, 5.41) is 2.66. The fourth-order valence-corrected chi connectivity index (χ4v) is 3.07. The van der Waals surface area contributed by atoms with Crippen molar-refractivity contribution in [1.82, 2.24) is 0 Å². The molecule has 0 aliphatic heterocycles. The minimum Gasteiger partial charge on any atom is -0.179 e. The first-order valence-corrected chi connectivity index (χ1v) is 16.4. The first kappa shape index (κ1) is 19.4. The zero-order valence-corrected chi connectivity index (χ0v) is 18.2. The molecule has 1 aliphatic rings. The Balaban J connectivity index is 0.000000131. The average molecular weight is 457 g/mol. The van der Waals surface area contributed by atoms with E-state index in [-0.39, 0.29) is 0 Å². The molecule has 0 saturated heterocycles. The van der Waals surface area contributed by atoms with Crippen LogP contribution in [0.15, 0.2) is 84.9 Å². The molecule has 0 N–H and O–H groups in total. The Labute approximate surface area is 169 Å². The van der Waals surface area contributed by atoms with Crippen LogP contribution in [0.3, 0.4) is 0 Å². The van der Waals surface area contributed by atoms with Crippen molar-refractivity contribution in [2.45, 2.75) is 6.42 Å². The summed E-state index contributed by atoms with van der Waals surface area (Å²) in [5.41, 5.74) is 5.51. The van der Waals surface area contributed by atoms with E-state index < -0.39 is 18.9 Å². The molecule has 26 heavy (non-hydrogen) atoms. The van der Waals surface area contributed by atoms with E-state index >= 15 is 0 Å². The largest absolute Gasteiger partial charge is 0.179 e. The molecule has 0 saturated carbocycles. The zero-order valence-electron chi connectivity index (χ0n) is 14.3. The molecule has 4 aromatic rings. The van der Waals surface area contributed by atoms with Crippen LogP contribution in [-0.4, -0.2) is 4.21 Å². The van der Waals surface area contributed by atoms with E-state index in [9.17, 15) is 0 Å². The molecule has 0 radical (unpaired) electrons. The summed E-state index contributed by atoms with van der Waals surface area (Å²) in [5.74, 6) is 0. The van der Waals surface area contributed by atoms with Crippen molar-refractivity contribution in [2.75, 3.05) is 0 Å². The maximum Gasteiger partial charge on any atom is -0.0253 e. The Hall–Kier alpha value is -1.40. The van der Waals surface area contributed by atoms with Crippen molar-refractivity contribution in [2.24, 2.45) is 0 Å². The molecule has 3 heteroatoms. The Bertz CT molecular complexity index is 940.